The summed E-state index contributed by atoms with van der Waals surface area (Å²) in [7, 11) is 1.63. The van der Waals surface area contributed by atoms with E-state index < -0.39 is 0 Å². The van der Waals surface area contributed by atoms with E-state index in [9.17, 15) is 4.79 Å². The zero-order valence-electron chi connectivity index (χ0n) is 15.3. The number of amides is 1. The highest BCUT2D eigenvalue weighted by molar-refractivity contribution is 6.07. The predicted molar refractivity (Wildman–Crippen MR) is 96.7 cm³/mol. The van der Waals surface area contributed by atoms with Crippen molar-refractivity contribution in [3.8, 4) is 0 Å². The lowest BCUT2D eigenvalue weighted by Gasteiger charge is -2.29. The first-order valence-corrected chi connectivity index (χ1v) is 8.30. The highest BCUT2D eigenvalue weighted by atomic mass is 16.5. The van der Waals surface area contributed by atoms with Crippen LogP contribution < -0.4 is 16.8 Å². The van der Waals surface area contributed by atoms with Crippen molar-refractivity contribution in [1.29, 1.82) is 0 Å². The van der Waals surface area contributed by atoms with Crippen LogP contribution in [0.3, 0.4) is 0 Å². The van der Waals surface area contributed by atoms with Gasteiger partial charge in [0, 0.05) is 37.8 Å². The molecule has 1 aliphatic carbocycles. The molecular formula is C17H27N5O3. The molecule has 1 heterocycles. The number of carbonyl (C=O) groups excluding carboxylic acids is 1. The van der Waals surface area contributed by atoms with E-state index in [4.69, 9.17) is 20.6 Å². The largest absolute Gasteiger partial charge is 0.455 e. The van der Waals surface area contributed by atoms with Crippen molar-refractivity contribution in [2.45, 2.75) is 40.0 Å². The van der Waals surface area contributed by atoms with Crippen molar-refractivity contribution < 1.29 is 13.9 Å². The molecule has 1 aliphatic rings. The van der Waals surface area contributed by atoms with Crippen molar-refractivity contribution in [1.82, 2.24) is 5.32 Å². The molecule has 138 valence electrons. The third kappa shape index (κ3) is 4.60. The molecule has 8 heteroatoms. The molecule has 0 atom stereocenters. The number of hydrogen-bond donors (Lipinski definition) is 3. The van der Waals surface area contributed by atoms with Gasteiger partial charge in [-0.1, -0.05) is 13.8 Å². The number of guanidine groups is 1. The summed E-state index contributed by atoms with van der Waals surface area (Å²) in [6.07, 6.45) is 2.17. The van der Waals surface area contributed by atoms with Crippen LogP contribution in [0.2, 0.25) is 0 Å². The second-order valence-electron chi connectivity index (χ2n) is 7.05. The first kappa shape index (κ1) is 19.0. The third-order valence-corrected chi connectivity index (χ3v) is 4.10. The lowest BCUT2D eigenvalue weighted by molar-refractivity contribution is 0.0917. The second kappa shape index (κ2) is 7.69. The van der Waals surface area contributed by atoms with E-state index in [1.807, 2.05) is 6.92 Å². The molecule has 0 aromatic carbocycles. The van der Waals surface area contributed by atoms with Gasteiger partial charge in [0.1, 0.15) is 5.76 Å². The van der Waals surface area contributed by atoms with E-state index >= 15 is 0 Å². The van der Waals surface area contributed by atoms with Gasteiger partial charge in [-0.3, -0.25) is 4.79 Å². The van der Waals surface area contributed by atoms with Crippen LogP contribution in [0.25, 0.3) is 0 Å². The summed E-state index contributed by atoms with van der Waals surface area (Å²) in [6.45, 7) is 7.21. The standard InChI is InChI=1S/C17H27N5O3/c1-10-13-11(21-22-16(18)19)8-17(2,3)9-12(13)25-14(10)15(23)20-6-5-7-24-4/h5-9H2,1-4H3,(H,20,23)(H4,18,19,22)/b21-11-. The van der Waals surface area contributed by atoms with E-state index in [2.05, 4.69) is 29.4 Å². The Morgan fingerprint density at radius 3 is 2.72 bits per heavy atom. The smallest absolute Gasteiger partial charge is 0.287 e. The number of nitrogens with one attached hydrogen (secondary N) is 1. The van der Waals surface area contributed by atoms with Crippen molar-refractivity contribution >= 4 is 17.6 Å². The molecule has 0 bridgehead atoms. The summed E-state index contributed by atoms with van der Waals surface area (Å²) in [6, 6.07) is 0. The van der Waals surface area contributed by atoms with Crippen LogP contribution in [-0.4, -0.2) is 37.8 Å². The van der Waals surface area contributed by atoms with Crippen LogP contribution in [-0.2, 0) is 11.2 Å². The molecular weight excluding hydrogens is 322 g/mol. The van der Waals surface area contributed by atoms with E-state index in [1.165, 1.54) is 0 Å². The average molecular weight is 349 g/mol. The summed E-state index contributed by atoms with van der Waals surface area (Å²) in [5.41, 5.74) is 13.1. The molecule has 8 nitrogen and oxygen atoms in total. The molecule has 0 saturated carbocycles. The van der Waals surface area contributed by atoms with E-state index in [-0.39, 0.29) is 17.3 Å². The SMILES string of the molecule is COCCCNC(=O)c1oc2c(c1C)/C(=N\N=C(N)N)CC(C)(C)C2. The van der Waals surface area contributed by atoms with Crippen molar-refractivity contribution in [2.75, 3.05) is 20.3 Å². The fraction of sp³-hybridized carbons (Fsp3) is 0.588. The van der Waals surface area contributed by atoms with Crippen LogP contribution >= 0.6 is 0 Å². The quantitative estimate of drug-likeness (QED) is 0.309. The predicted octanol–water partition coefficient (Wildman–Crippen LogP) is 1.30. The minimum Gasteiger partial charge on any atom is -0.455 e. The normalized spacial score (nSPS) is 17.2. The van der Waals surface area contributed by atoms with Gasteiger partial charge in [-0.05, 0) is 25.2 Å². The Bertz CT molecular complexity index is 699. The molecule has 0 unspecified atom stereocenters. The van der Waals surface area contributed by atoms with Crippen molar-refractivity contribution in [3.05, 3.63) is 22.6 Å². The maximum Gasteiger partial charge on any atom is 0.287 e. The van der Waals surface area contributed by atoms with Crippen LogP contribution in [0.5, 0.6) is 0 Å². The molecule has 0 aliphatic heterocycles. The van der Waals surface area contributed by atoms with Gasteiger partial charge in [-0.2, -0.15) is 5.10 Å². The fourth-order valence-corrected chi connectivity index (χ4v) is 3.03. The van der Waals surface area contributed by atoms with Gasteiger partial charge in [-0.25, -0.2) is 0 Å². The fourth-order valence-electron chi connectivity index (χ4n) is 3.03. The molecule has 2 rings (SSSR count). The summed E-state index contributed by atoms with van der Waals surface area (Å²) >= 11 is 0. The molecule has 1 amide bonds. The lowest BCUT2D eigenvalue weighted by atomic mass is 9.75. The molecule has 1 aromatic heterocycles. The lowest BCUT2D eigenvalue weighted by Crippen LogP contribution is -2.27. The van der Waals surface area contributed by atoms with Crippen molar-refractivity contribution in [2.24, 2.45) is 27.1 Å². The zero-order chi connectivity index (χ0) is 18.6. The summed E-state index contributed by atoms with van der Waals surface area (Å²) in [5.74, 6) is 0.731. The Morgan fingerprint density at radius 2 is 2.08 bits per heavy atom. The second-order valence-corrected chi connectivity index (χ2v) is 7.05. The van der Waals surface area contributed by atoms with Gasteiger partial charge < -0.3 is 25.9 Å². The summed E-state index contributed by atoms with van der Waals surface area (Å²) < 4.78 is 10.9. The Labute approximate surface area is 147 Å². The van der Waals surface area contributed by atoms with Gasteiger partial charge in [0.05, 0.1) is 5.71 Å². The zero-order valence-corrected chi connectivity index (χ0v) is 15.3. The molecule has 0 saturated heterocycles. The molecule has 5 N–H and O–H groups in total. The number of hydrogen-bond acceptors (Lipinski definition) is 5. The first-order valence-electron chi connectivity index (χ1n) is 8.30. The van der Waals surface area contributed by atoms with E-state index in [0.29, 0.717) is 25.3 Å². The van der Waals surface area contributed by atoms with Gasteiger partial charge in [0.2, 0.25) is 5.96 Å². The van der Waals surface area contributed by atoms with Crippen LogP contribution in [0, 0.1) is 12.3 Å². The Kier molecular flexibility index (Phi) is 5.84. The third-order valence-electron chi connectivity index (χ3n) is 4.10. The number of ether oxygens (including phenoxy) is 1. The van der Waals surface area contributed by atoms with Gasteiger partial charge in [-0.15, -0.1) is 5.10 Å². The number of methoxy groups -OCH3 is 1. The molecule has 0 fully saturated rings. The van der Waals surface area contributed by atoms with E-state index in [0.717, 1.165) is 35.4 Å². The Hall–Kier alpha value is -2.35. The maximum atomic E-state index is 12.4. The van der Waals surface area contributed by atoms with Gasteiger partial charge >= 0.3 is 0 Å². The molecule has 1 aromatic rings. The maximum absolute atomic E-state index is 12.4. The number of nitrogens with zero attached hydrogens (tertiary/aromatic N) is 2. The molecule has 25 heavy (non-hydrogen) atoms. The van der Waals surface area contributed by atoms with Gasteiger partial charge in [0.15, 0.2) is 5.76 Å². The Morgan fingerprint density at radius 1 is 1.36 bits per heavy atom. The van der Waals surface area contributed by atoms with Gasteiger partial charge in [0.25, 0.3) is 5.91 Å². The first-order chi connectivity index (χ1) is 11.7. The summed E-state index contributed by atoms with van der Waals surface area (Å²) in [4.78, 5) is 12.4. The number of furan rings is 1. The number of carbonyl (C=O) groups is 1. The van der Waals surface area contributed by atoms with Crippen LogP contribution in [0.15, 0.2) is 14.6 Å². The van der Waals surface area contributed by atoms with Crippen LogP contribution in [0.4, 0.5) is 0 Å². The molecule has 0 spiro atoms. The monoisotopic (exact) mass is 349 g/mol. The molecule has 0 radical (unpaired) electrons. The number of fused-ring (bicyclic) bond motifs is 1. The number of rotatable bonds is 6. The highest BCUT2D eigenvalue weighted by Crippen LogP contribution is 2.38. The summed E-state index contributed by atoms with van der Waals surface area (Å²) in [5, 5.41) is 10.8. The topological polar surface area (TPSA) is 128 Å². The van der Waals surface area contributed by atoms with Crippen molar-refractivity contribution in [3.63, 3.8) is 0 Å². The van der Waals surface area contributed by atoms with Crippen LogP contribution in [0.1, 0.15) is 54.1 Å². The van der Waals surface area contributed by atoms with E-state index in [1.54, 1.807) is 7.11 Å². The number of nitrogens with two attached hydrogens (primary N) is 2. The minimum absolute atomic E-state index is 0.0543. The highest BCUT2D eigenvalue weighted by Gasteiger charge is 2.36. The Balaban J connectivity index is 2.32. The minimum atomic E-state index is -0.234. The average Bonchev–Trinajstić information content (AvgIpc) is 2.84.